The third-order valence-electron chi connectivity index (χ3n) is 2.09. The van der Waals surface area contributed by atoms with Gasteiger partial charge in [0.15, 0.2) is 6.10 Å². The van der Waals surface area contributed by atoms with E-state index < -0.39 is 23.8 Å². The first-order valence-corrected chi connectivity index (χ1v) is 4.43. The second-order valence-corrected chi connectivity index (χ2v) is 3.20. The van der Waals surface area contributed by atoms with Gasteiger partial charge in [-0.3, -0.25) is 0 Å². The molecular weight excluding hydrogens is 241 g/mol. The monoisotopic (exact) mass is 250 g/mol. The standard InChI is InChI=1S/C10H9F3O4/c1-17-7-4-5(10(11,12)13)2-3-6(7)8(14)9(15)16/h2-4,8,14H,1H3,(H,15,16). The molecule has 0 saturated heterocycles. The summed E-state index contributed by atoms with van der Waals surface area (Å²) in [5.74, 6) is -1.89. The van der Waals surface area contributed by atoms with Crippen LogP contribution in [0.15, 0.2) is 18.2 Å². The fourth-order valence-electron chi connectivity index (χ4n) is 1.25. The zero-order valence-electron chi connectivity index (χ0n) is 8.65. The van der Waals surface area contributed by atoms with Crippen molar-refractivity contribution in [2.45, 2.75) is 12.3 Å². The molecule has 2 N–H and O–H groups in total. The van der Waals surface area contributed by atoms with Crippen LogP contribution in [0.2, 0.25) is 0 Å². The molecule has 0 aliphatic carbocycles. The summed E-state index contributed by atoms with van der Waals surface area (Å²) < 4.78 is 41.7. The van der Waals surface area contributed by atoms with Crippen LogP contribution in [-0.2, 0) is 11.0 Å². The number of hydrogen-bond acceptors (Lipinski definition) is 3. The molecule has 1 aromatic rings. The highest BCUT2D eigenvalue weighted by Crippen LogP contribution is 2.34. The predicted molar refractivity (Wildman–Crippen MR) is 50.6 cm³/mol. The van der Waals surface area contributed by atoms with Gasteiger partial charge in [-0.2, -0.15) is 13.2 Å². The van der Waals surface area contributed by atoms with Gasteiger partial charge in [-0.15, -0.1) is 0 Å². The van der Waals surface area contributed by atoms with Gasteiger partial charge in [0.25, 0.3) is 0 Å². The Morgan fingerprint density at radius 3 is 2.41 bits per heavy atom. The van der Waals surface area contributed by atoms with Gasteiger partial charge in [-0.05, 0) is 12.1 Å². The van der Waals surface area contributed by atoms with E-state index in [4.69, 9.17) is 5.11 Å². The van der Waals surface area contributed by atoms with Gasteiger partial charge in [0, 0.05) is 5.56 Å². The minimum absolute atomic E-state index is 0.229. The molecule has 17 heavy (non-hydrogen) atoms. The molecule has 1 rings (SSSR count). The van der Waals surface area contributed by atoms with Crippen molar-refractivity contribution in [2.75, 3.05) is 7.11 Å². The van der Waals surface area contributed by atoms with E-state index >= 15 is 0 Å². The Morgan fingerprint density at radius 2 is 2.00 bits per heavy atom. The average Bonchev–Trinajstić information content (AvgIpc) is 2.25. The average molecular weight is 250 g/mol. The number of aliphatic hydroxyl groups is 1. The van der Waals surface area contributed by atoms with Crippen LogP contribution in [0.1, 0.15) is 17.2 Å². The smallest absolute Gasteiger partial charge is 0.416 e. The van der Waals surface area contributed by atoms with Crippen molar-refractivity contribution in [1.29, 1.82) is 0 Å². The number of aliphatic carboxylic acids is 1. The molecule has 0 spiro atoms. The highest BCUT2D eigenvalue weighted by molar-refractivity contribution is 5.75. The summed E-state index contributed by atoms with van der Waals surface area (Å²) in [5, 5.41) is 17.8. The molecular formula is C10H9F3O4. The minimum Gasteiger partial charge on any atom is -0.496 e. The molecule has 1 unspecified atom stereocenters. The molecule has 94 valence electrons. The summed E-state index contributed by atoms with van der Waals surface area (Å²) in [4.78, 5) is 10.5. The van der Waals surface area contributed by atoms with Crippen molar-refractivity contribution >= 4 is 5.97 Å². The molecule has 0 fully saturated rings. The van der Waals surface area contributed by atoms with Crippen LogP contribution in [0.4, 0.5) is 13.2 Å². The number of carbonyl (C=O) groups is 1. The van der Waals surface area contributed by atoms with Gasteiger partial charge in [-0.25, -0.2) is 4.79 Å². The van der Waals surface area contributed by atoms with Crippen molar-refractivity contribution in [3.8, 4) is 5.75 Å². The minimum atomic E-state index is -4.56. The van der Waals surface area contributed by atoms with E-state index in [1.807, 2.05) is 0 Å². The van der Waals surface area contributed by atoms with Gasteiger partial charge in [0.2, 0.25) is 0 Å². The van der Waals surface area contributed by atoms with Crippen molar-refractivity contribution in [3.63, 3.8) is 0 Å². The molecule has 0 saturated carbocycles. The fraction of sp³-hybridized carbons (Fsp3) is 0.300. The van der Waals surface area contributed by atoms with Crippen molar-refractivity contribution in [2.24, 2.45) is 0 Å². The number of methoxy groups -OCH3 is 1. The number of ether oxygens (including phenoxy) is 1. The lowest BCUT2D eigenvalue weighted by molar-refractivity contribution is -0.147. The Bertz CT molecular complexity index is 428. The topological polar surface area (TPSA) is 66.8 Å². The second-order valence-electron chi connectivity index (χ2n) is 3.20. The first kappa shape index (κ1) is 13.3. The Morgan fingerprint density at radius 1 is 1.41 bits per heavy atom. The van der Waals surface area contributed by atoms with Crippen LogP contribution in [0.3, 0.4) is 0 Å². The van der Waals surface area contributed by atoms with Crippen LogP contribution < -0.4 is 4.74 Å². The summed E-state index contributed by atoms with van der Waals surface area (Å²) in [6, 6.07) is 2.20. The van der Waals surface area contributed by atoms with Crippen LogP contribution in [0, 0.1) is 0 Å². The van der Waals surface area contributed by atoms with Crippen LogP contribution in [0.5, 0.6) is 5.75 Å². The largest absolute Gasteiger partial charge is 0.496 e. The molecule has 1 aromatic carbocycles. The van der Waals surface area contributed by atoms with E-state index in [9.17, 15) is 23.1 Å². The van der Waals surface area contributed by atoms with E-state index in [-0.39, 0.29) is 11.3 Å². The molecule has 0 aliphatic heterocycles. The summed E-state index contributed by atoms with van der Waals surface area (Å²) in [5.41, 5.74) is -1.20. The SMILES string of the molecule is COc1cc(C(F)(F)F)ccc1C(O)C(=O)O. The summed E-state index contributed by atoms with van der Waals surface area (Å²) >= 11 is 0. The lowest BCUT2D eigenvalue weighted by Gasteiger charge is -2.14. The molecule has 0 bridgehead atoms. The number of benzene rings is 1. The zero-order valence-corrected chi connectivity index (χ0v) is 8.65. The van der Waals surface area contributed by atoms with E-state index in [1.165, 1.54) is 0 Å². The lowest BCUT2D eigenvalue weighted by atomic mass is 10.1. The van der Waals surface area contributed by atoms with E-state index in [0.29, 0.717) is 12.1 Å². The molecule has 0 radical (unpaired) electrons. The third-order valence-corrected chi connectivity index (χ3v) is 2.09. The van der Waals surface area contributed by atoms with E-state index in [1.54, 1.807) is 0 Å². The van der Waals surface area contributed by atoms with Crippen LogP contribution in [-0.4, -0.2) is 23.3 Å². The Hall–Kier alpha value is -1.76. The Labute approximate surface area is 94.3 Å². The van der Waals surface area contributed by atoms with Crippen molar-refractivity contribution in [3.05, 3.63) is 29.3 Å². The summed E-state index contributed by atoms with van der Waals surface area (Å²) in [6.45, 7) is 0. The number of halogens is 3. The molecule has 0 aromatic heterocycles. The number of alkyl halides is 3. The van der Waals surface area contributed by atoms with Gasteiger partial charge in [0.05, 0.1) is 12.7 Å². The van der Waals surface area contributed by atoms with E-state index in [0.717, 1.165) is 13.2 Å². The molecule has 7 heteroatoms. The fourth-order valence-corrected chi connectivity index (χ4v) is 1.25. The van der Waals surface area contributed by atoms with Crippen LogP contribution in [0.25, 0.3) is 0 Å². The van der Waals surface area contributed by atoms with Crippen LogP contribution >= 0.6 is 0 Å². The Kier molecular flexibility index (Phi) is 3.62. The molecule has 0 amide bonds. The maximum Gasteiger partial charge on any atom is 0.416 e. The first-order valence-electron chi connectivity index (χ1n) is 4.43. The normalized spacial score (nSPS) is 13.2. The maximum absolute atomic E-state index is 12.4. The van der Waals surface area contributed by atoms with Crippen molar-refractivity contribution in [1.82, 2.24) is 0 Å². The molecule has 0 aliphatic rings. The molecule has 1 atom stereocenters. The van der Waals surface area contributed by atoms with Gasteiger partial charge < -0.3 is 14.9 Å². The van der Waals surface area contributed by atoms with E-state index in [2.05, 4.69) is 4.74 Å². The van der Waals surface area contributed by atoms with Gasteiger partial charge in [-0.1, -0.05) is 6.07 Å². The maximum atomic E-state index is 12.4. The molecule has 4 nitrogen and oxygen atoms in total. The highest BCUT2D eigenvalue weighted by Gasteiger charge is 2.32. The van der Waals surface area contributed by atoms with Gasteiger partial charge >= 0.3 is 12.1 Å². The van der Waals surface area contributed by atoms with Gasteiger partial charge in [0.1, 0.15) is 5.75 Å². The number of carboxylic acids is 1. The first-order chi connectivity index (χ1) is 7.77. The number of carboxylic acid groups (broad SMARTS) is 1. The quantitative estimate of drug-likeness (QED) is 0.858. The second kappa shape index (κ2) is 4.62. The number of hydrogen-bond donors (Lipinski definition) is 2. The number of rotatable bonds is 3. The summed E-state index contributed by atoms with van der Waals surface area (Å²) in [6.07, 6.45) is -6.48. The summed E-state index contributed by atoms with van der Waals surface area (Å²) in [7, 11) is 1.09. The predicted octanol–water partition coefficient (Wildman–Crippen LogP) is 1.83. The molecule has 0 heterocycles. The lowest BCUT2D eigenvalue weighted by Crippen LogP contribution is -2.13. The van der Waals surface area contributed by atoms with Crippen molar-refractivity contribution < 1.29 is 32.9 Å². The highest BCUT2D eigenvalue weighted by atomic mass is 19.4. The Balaban J connectivity index is 3.23. The zero-order chi connectivity index (χ0) is 13.2. The number of aliphatic hydroxyl groups excluding tert-OH is 1. The third kappa shape index (κ3) is 2.88.